The number of carboxylic acids is 2. The van der Waals surface area contributed by atoms with Gasteiger partial charge in [-0.2, -0.15) is 8.42 Å². The van der Waals surface area contributed by atoms with Crippen LogP contribution < -0.4 is 0 Å². The SMILES string of the molecule is O=C(O)c1ccc2ccc3cc(-c4ccccc4S(=O)(=O)O)c(C(=O)O)nc3c2n1. The number of fused-ring (bicyclic) bond motifs is 3. The highest BCUT2D eigenvalue weighted by molar-refractivity contribution is 7.86. The Bertz CT molecular complexity index is 1480. The number of benzene rings is 2. The Morgan fingerprint density at radius 1 is 0.767 bits per heavy atom. The maximum Gasteiger partial charge on any atom is 0.355 e. The predicted molar refractivity (Wildman–Crippen MR) is 106 cm³/mol. The van der Waals surface area contributed by atoms with Gasteiger partial charge in [0.15, 0.2) is 5.69 Å². The predicted octanol–water partition coefficient (Wildman–Crippen LogP) is 3.09. The Morgan fingerprint density at radius 2 is 1.40 bits per heavy atom. The molecule has 0 saturated carbocycles. The van der Waals surface area contributed by atoms with E-state index in [1.807, 2.05) is 0 Å². The molecule has 2 aromatic heterocycles. The van der Waals surface area contributed by atoms with Gasteiger partial charge in [-0.1, -0.05) is 36.4 Å². The molecule has 4 rings (SSSR count). The second kappa shape index (κ2) is 6.87. The summed E-state index contributed by atoms with van der Waals surface area (Å²) in [6.45, 7) is 0. The van der Waals surface area contributed by atoms with Crippen molar-refractivity contribution < 1.29 is 32.8 Å². The van der Waals surface area contributed by atoms with Crippen molar-refractivity contribution in [1.29, 1.82) is 0 Å². The molecule has 4 aromatic rings. The summed E-state index contributed by atoms with van der Waals surface area (Å²) in [6.07, 6.45) is 0. The lowest BCUT2D eigenvalue weighted by Gasteiger charge is -2.12. The van der Waals surface area contributed by atoms with E-state index in [9.17, 15) is 32.8 Å². The van der Waals surface area contributed by atoms with Gasteiger partial charge in [0.25, 0.3) is 10.1 Å². The molecule has 0 aliphatic carbocycles. The average molecular weight is 424 g/mol. The largest absolute Gasteiger partial charge is 0.477 e. The van der Waals surface area contributed by atoms with E-state index < -0.39 is 32.6 Å². The zero-order chi connectivity index (χ0) is 21.6. The van der Waals surface area contributed by atoms with E-state index in [1.165, 1.54) is 36.4 Å². The van der Waals surface area contributed by atoms with Crippen LogP contribution in [0.3, 0.4) is 0 Å². The molecule has 0 radical (unpaired) electrons. The van der Waals surface area contributed by atoms with Gasteiger partial charge >= 0.3 is 11.9 Å². The lowest BCUT2D eigenvalue weighted by atomic mass is 10.00. The minimum Gasteiger partial charge on any atom is -0.477 e. The molecule has 0 aliphatic heterocycles. The molecule has 10 heteroatoms. The van der Waals surface area contributed by atoms with Crippen molar-refractivity contribution in [3.05, 3.63) is 66.0 Å². The lowest BCUT2D eigenvalue weighted by molar-refractivity contribution is 0.0680. The van der Waals surface area contributed by atoms with Gasteiger partial charge in [0.1, 0.15) is 10.6 Å². The highest BCUT2D eigenvalue weighted by atomic mass is 32.2. The van der Waals surface area contributed by atoms with Crippen molar-refractivity contribution in [3.63, 3.8) is 0 Å². The minimum absolute atomic E-state index is 0.0167. The van der Waals surface area contributed by atoms with Gasteiger partial charge < -0.3 is 10.2 Å². The number of aromatic nitrogens is 2. The van der Waals surface area contributed by atoms with E-state index in [1.54, 1.807) is 12.1 Å². The van der Waals surface area contributed by atoms with Crippen LogP contribution in [0.5, 0.6) is 0 Å². The molecule has 0 spiro atoms. The van der Waals surface area contributed by atoms with Crippen LogP contribution in [-0.2, 0) is 10.1 Å². The maximum atomic E-state index is 11.9. The standard InChI is InChI=1S/C20H12N2O7S/c23-19(24)14-8-7-10-5-6-11-9-13(12-3-1-2-4-15(12)30(27,28)29)18(20(25)26)22-17(11)16(10)21-14/h1-9H,(H,23,24)(H,25,26)(H,27,28,29). The van der Waals surface area contributed by atoms with Gasteiger partial charge in [0, 0.05) is 21.9 Å². The Hall–Kier alpha value is -3.89. The van der Waals surface area contributed by atoms with Gasteiger partial charge in [-0.3, -0.25) is 4.55 Å². The molecule has 9 nitrogen and oxygen atoms in total. The molecule has 3 N–H and O–H groups in total. The summed E-state index contributed by atoms with van der Waals surface area (Å²) in [5, 5.41) is 19.9. The van der Waals surface area contributed by atoms with E-state index in [-0.39, 0.29) is 27.9 Å². The summed E-state index contributed by atoms with van der Waals surface area (Å²) in [4.78, 5) is 31.0. The summed E-state index contributed by atoms with van der Waals surface area (Å²) < 4.78 is 33.1. The summed E-state index contributed by atoms with van der Waals surface area (Å²) >= 11 is 0. The highest BCUT2D eigenvalue weighted by Crippen LogP contribution is 2.33. The van der Waals surface area contributed by atoms with Gasteiger partial charge in [-0.25, -0.2) is 19.6 Å². The first-order valence-corrected chi connectivity index (χ1v) is 9.89. The smallest absolute Gasteiger partial charge is 0.355 e. The van der Waals surface area contributed by atoms with Crippen LogP contribution in [0.15, 0.2) is 59.5 Å². The Balaban J connectivity index is 2.11. The van der Waals surface area contributed by atoms with Gasteiger partial charge in [-0.05, 0) is 18.2 Å². The van der Waals surface area contributed by atoms with Crippen LogP contribution >= 0.6 is 0 Å². The quantitative estimate of drug-likeness (QED) is 0.331. The summed E-state index contributed by atoms with van der Waals surface area (Å²) in [5.74, 6) is -2.67. The monoisotopic (exact) mass is 424 g/mol. The molecule has 2 heterocycles. The molecule has 0 unspecified atom stereocenters. The number of nitrogens with zero attached hydrogens (tertiary/aromatic N) is 2. The van der Waals surface area contributed by atoms with Crippen LogP contribution in [0, 0.1) is 0 Å². The number of rotatable bonds is 4. The first-order valence-electron chi connectivity index (χ1n) is 8.45. The number of carboxylic acid groups (broad SMARTS) is 2. The molecule has 2 aromatic carbocycles. The molecule has 30 heavy (non-hydrogen) atoms. The molecule has 150 valence electrons. The second-order valence-electron chi connectivity index (χ2n) is 6.37. The molecule has 0 bridgehead atoms. The molecular weight excluding hydrogens is 412 g/mol. The average Bonchev–Trinajstić information content (AvgIpc) is 2.71. The third-order valence-corrected chi connectivity index (χ3v) is 5.43. The molecule has 0 aliphatic rings. The second-order valence-corrected chi connectivity index (χ2v) is 7.76. The number of hydrogen-bond donors (Lipinski definition) is 3. The van der Waals surface area contributed by atoms with Gasteiger partial charge in [0.05, 0.1) is 11.0 Å². The fourth-order valence-corrected chi connectivity index (χ4v) is 3.93. The molecule has 0 fully saturated rings. The van der Waals surface area contributed by atoms with Crippen molar-refractivity contribution in [2.75, 3.05) is 0 Å². The fraction of sp³-hybridized carbons (Fsp3) is 0. The van der Waals surface area contributed by atoms with Crippen molar-refractivity contribution >= 4 is 43.9 Å². The number of hydrogen-bond acceptors (Lipinski definition) is 6. The third kappa shape index (κ3) is 3.23. The topological polar surface area (TPSA) is 155 Å². The van der Waals surface area contributed by atoms with E-state index in [0.29, 0.717) is 10.8 Å². The zero-order valence-corrected chi connectivity index (χ0v) is 15.8. The zero-order valence-electron chi connectivity index (χ0n) is 15.0. The van der Waals surface area contributed by atoms with Gasteiger partial charge in [0.2, 0.25) is 0 Å². The lowest BCUT2D eigenvalue weighted by Crippen LogP contribution is -2.07. The molecule has 0 atom stereocenters. The van der Waals surface area contributed by atoms with Crippen LogP contribution in [0.1, 0.15) is 21.0 Å². The minimum atomic E-state index is -4.63. The molecule has 0 saturated heterocycles. The number of pyridine rings is 2. The summed E-state index contributed by atoms with van der Waals surface area (Å²) in [7, 11) is -4.63. The maximum absolute atomic E-state index is 11.9. The van der Waals surface area contributed by atoms with Crippen molar-refractivity contribution in [2.45, 2.75) is 4.90 Å². The van der Waals surface area contributed by atoms with E-state index in [2.05, 4.69) is 9.97 Å². The van der Waals surface area contributed by atoms with E-state index >= 15 is 0 Å². The van der Waals surface area contributed by atoms with Crippen molar-refractivity contribution in [1.82, 2.24) is 9.97 Å². The van der Waals surface area contributed by atoms with Crippen molar-refractivity contribution in [2.24, 2.45) is 0 Å². The number of aromatic carboxylic acids is 2. The van der Waals surface area contributed by atoms with E-state index in [4.69, 9.17) is 0 Å². The summed E-state index contributed by atoms with van der Waals surface area (Å²) in [6, 6.07) is 13.0. The van der Waals surface area contributed by atoms with Crippen LogP contribution in [0.4, 0.5) is 0 Å². The first-order chi connectivity index (χ1) is 14.2. The van der Waals surface area contributed by atoms with Crippen LogP contribution in [-0.4, -0.2) is 45.1 Å². The Labute approximate surface area is 169 Å². The Morgan fingerprint density at radius 3 is 2.07 bits per heavy atom. The first kappa shape index (κ1) is 19.4. The highest BCUT2D eigenvalue weighted by Gasteiger charge is 2.23. The van der Waals surface area contributed by atoms with Crippen LogP contribution in [0.25, 0.3) is 32.9 Å². The third-order valence-electron chi connectivity index (χ3n) is 4.52. The van der Waals surface area contributed by atoms with Gasteiger partial charge in [-0.15, -0.1) is 0 Å². The molecular formula is C20H12N2O7S. The molecule has 0 amide bonds. The number of carbonyl (C=O) groups is 2. The fourth-order valence-electron chi connectivity index (χ4n) is 3.22. The Kier molecular flexibility index (Phi) is 4.45. The van der Waals surface area contributed by atoms with Crippen molar-refractivity contribution in [3.8, 4) is 11.1 Å². The normalized spacial score (nSPS) is 11.6. The van der Waals surface area contributed by atoms with E-state index in [0.717, 1.165) is 6.07 Å². The van der Waals surface area contributed by atoms with Crippen LogP contribution in [0.2, 0.25) is 0 Å². The summed E-state index contributed by atoms with van der Waals surface area (Å²) in [5.41, 5.74) is -0.384.